The molecule has 1 aromatic carbocycles. The summed E-state index contributed by atoms with van der Waals surface area (Å²) in [6.45, 7) is 10.5. The van der Waals surface area contributed by atoms with Crippen LogP contribution in [-0.4, -0.2) is 7.28 Å². The van der Waals surface area contributed by atoms with E-state index in [-0.39, 0.29) is 0 Å². The highest BCUT2D eigenvalue weighted by Crippen LogP contribution is 2.20. The third-order valence-corrected chi connectivity index (χ3v) is 2.52. The van der Waals surface area contributed by atoms with Gasteiger partial charge in [-0.1, -0.05) is 50.4 Å². The van der Waals surface area contributed by atoms with E-state index in [9.17, 15) is 0 Å². The topological polar surface area (TPSA) is 0 Å². The molecular formula is C13H18B. The summed E-state index contributed by atoms with van der Waals surface area (Å²) >= 11 is 0. The predicted molar refractivity (Wildman–Crippen MR) is 66.4 cm³/mol. The number of rotatable bonds is 4. The fourth-order valence-corrected chi connectivity index (χ4v) is 1.70. The number of aryl methyl sites for hydroxylation is 1. The Morgan fingerprint density at radius 3 is 2.64 bits per heavy atom. The smallest absolute Gasteiger partial charge is 0.0952 e. The van der Waals surface area contributed by atoms with Crippen LogP contribution in [0.1, 0.15) is 30.9 Å². The highest BCUT2D eigenvalue weighted by atomic mass is 14.1. The monoisotopic (exact) mass is 185 g/mol. The van der Waals surface area contributed by atoms with Crippen LogP contribution in [0.15, 0.2) is 24.8 Å². The molecule has 0 heterocycles. The molecule has 1 rings (SSSR count). The second-order valence-corrected chi connectivity index (χ2v) is 3.72. The molecule has 0 unspecified atom stereocenters. The van der Waals surface area contributed by atoms with Gasteiger partial charge < -0.3 is 0 Å². The van der Waals surface area contributed by atoms with Gasteiger partial charge in [-0.05, 0) is 30.0 Å². The molecule has 0 nitrogen and oxygen atoms in total. The SMILES string of the molecule is C=C(CCC)c1ccc([B]C)cc1C. The minimum absolute atomic E-state index is 1.09. The van der Waals surface area contributed by atoms with E-state index in [0.717, 1.165) is 6.42 Å². The van der Waals surface area contributed by atoms with Crippen LogP contribution in [0.2, 0.25) is 6.82 Å². The minimum Gasteiger partial charge on any atom is -0.0952 e. The van der Waals surface area contributed by atoms with Gasteiger partial charge in [-0.25, -0.2) is 0 Å². The lowest BCUT2D eigenvalue weighted by Gasteiger charge is -2.09. The molecule has 0 spiro atoms. The Bertz CT molecular complexity index is 326. The molecule has 14 heavy (non-hydrogen) atoms. The lowest BCUT2D eigenvalue weighted by atomic mass is 9.72. The first-order chi connectivity index (χ1) is 6.69. The Balaban J connectivity index is 2.94. The first-order valence-electron chi connectivity index (χ1n) is 5.27. The van der Waals surface area contributed by atoms with Crippen molar-refractivity contribution in [2.75, 3.05) is 0 Å². The van der Waals surface area contributed by atoms with Gasteiger partial charge in [0.05, 0.1) is 0 Å². The second kappa shape index (κ2) is 5.04. The first kappa shape index (κ1) is 11.1. The molecule has 0 saturated carbocycles. The molecule has 0 amide bonds. The number of hydrogen-bond donors (Lipinski definition) is 0. The minimum atomic E-state index is 1.09. The molecule has 73 valence electrons. The molecule has 0 aliphatic carbocycles. The van der Waals surface area contributed by atoms with Crippen LogP contribution in [0.25, 0.3) is 5.57 Å². The number of benzene rings is 1. The summed E-state index contributed by atoms with van der Waals surface area (Å²) in [7, 11) is 2.12. The maximum Gasteiger partial charge on any atom is 0.148 e. The van der Waals surface area contributed by atoms with Crippen molar-refractivity contribution in [2.24, 2.45) is 0 Å². The zero-order chi connectivity index (χ0) is 10.6. The van der Waals surface area contributed by atoms with Gasteiger partial charge in [0.15, 0.2) is 0 Å². The zero-order valence-corrected chi connectivity index (χ0v) is 9.43. The molecule has 0 aliphatic heterocycles. The molecule has 0 aliphatic rings. The van der Waals surface area contributed by atoms with Crippen LogP contribution < -0.4 is 5.46 Å². The molecular weight excluding hydrogens is 167 g/mol. The van der Waals surface area contributed by atoms with Crippen molar-refractivity contribution in [2.45, 2.75) is 33.5 Å². The van der Waals surface area contributed by atoms with E-state index in [1.165, 1.54) is 28.6 Å². The fourth-order valence-electron chi connectivity index (χ4n) is 1.70. The molecule has 1 heteroatoms. The van der Waals surface area contributed by atoms with E-state index in [0.29, 0.717) is 0 Å². The van der Waals surface area contributed by atoms with Crippen molar-refractivity contribution in [3.05, 3.63) is 35.9 Å². The van der Waals surface area contributed by atoms with Crippen LogP contribution in [0.3, 0.4) is 0 Å². The van der Waals surface area contributed by atoms with Crippen molar-refractivity contribution < 1.29 is 0 Å². The van der Waals surface area contributed by atoms with E-state index in [1.54, 1.807) is 0 Å². The third-order valence-electron chi connectivity index (χ3n) is 2.52. The zero-order valence-electron chi connectivity index (χ0n) is 9.43. The molecule has 0 aromatic heterocycles. The van der Waals surface area contributed by atoms with Gasteiger partial charge in [-0.2, -0.15) is 0 Å². The number of hydrogen-bond acceptors (Lipinski definition) is 0. The largest absolute Gasteiger partial charge is 0.148 e. The molecule has 0 saturated heterocycles. The Morgan fingerprint density at radius 1 is 1.43 bits per heavy atom. The highest BCUT2D eigenvalue weighted by Gasteiger charge is 2.02. The molecule has 0 bridgehead atoms. The molecule has 0 atom stereocenters. The lowest BCUT2D eigenvalue weighted by molar-refractivity contribution is 0.974. The average Bonchev–Trinajstić information content (AvgIpc) is 2.17. The van der Waals surface area contributed by atoms with Crippen molar-refractivity contribution in [3.63, 3.8) is 0 Å². The van der Waals surface area contributed by atoms with Crippen LogP contribution in [0.4, 0.5) is 0 Å². The summed E-state index contributed by atoms with van der Waals surface area (Å²) < 4.78 is 0. The van der Waals surface area contributed by atoms with Crippen LogP contribution in [0.5, 0.6) is 0 Å². The maximum absolute atomic E-state index is 4.12. The van der Waals surface area contributed by atoms with E-state index in [4.69, 9.17) is 0 Å². The summed E-state index contributed by atoms with van der Waals surface area (Å²) in [5, 5.41) is 0. The van der Waals surface area contributed by atoms with E-state index in [2.05, 4.69) is 52.7 Å². The Morgan fingerprint density at radius 2 is 2.14 bits per heavy atom. The Hall–Kier alpha value is -0.975. The van der Waals surface area contributed by atoms with Gasteiger partial charge >= 0.3 is 0 Å². The van der Waals surface area contributed by atoms with Crippen LogP contribution in [0, 0.1) is 6.92 Å². The predicted octanol–water partition coefficient (Wildman–Crippen LogP) is 3.19. The van der Waals surface area contributed by atoms with Gasteiger partial charge in [0.25, 0.3) is 0 Å². The van der Waals surface area contributed by atoms with Gasteiger partial charge in [-0.3, -0.25) is 0 Å². The maximum atomic E-state index is 4.12. The highest BCUT2D eigenvalue weighted by molar-refractivity contribution is 6.51. The standard InChI is InChI=1S/C13H18B/c1-5-6-10(2)13-8-7-12(14-4)9-11(13)3/h7-9H,2,5-6H2,1,3-4H3. The van der Waals surface area contributed by atoms with Gasteiger partial charge in [0, 0.05) is 0 Å². The number of allylic oxidation sites excluding steroid dienone is 1. The Labute approximate surface area is 88.3 Å². The van der Waals surface area contributed by atoms with Crippen molar-refractivity contribution in [3.8, 4) is 0 Å². The lowest BCUT2D eigenvalue weighted by Crippen LogP contribution is -2.11. The van der Waals surface area contributed by atoms with E-state index < -0.39 is 0 Å². The summed E-state index contributed by atoms with van der Waals surface area (Å²) in [4.78, 5) is 0. The summed E-state index contributed by atoms with van der Waals surface area (Å²) in [5.41, 5.74) is 5.19. The molecule has 1 aromatic rings. The summed E-state index contributed by atoms with van der Waals surface area (Å²) in [5.74, 6) is 0. The second-order valence-electron chi connectivity index (χ2n) is 3.72. The molecule has 0 N–H and O–H groups in total. The van der Waals surface area contributed by atoms with Crippen molar-refractivity contribution in [1.29, 1.82) is 0 Å². The van der Waals surface area contributed by atoms with Crippen LogP contribution >= 0.6 is 0 Å². The third kappa shape index (κ3) is 2.51. The van der Waals surface area contributed by atoms with E-state index >= 15 is 0 Å². The summed E-state index contributed by atoms with van der Waals surface area (Å²) in [6.07, 6.45) is 2.26. The first-order valence-corrected chi connectivity index (χ1v) is 5.27. The summed E-state index contributed by atoms with van der Waals surface area (Å²) in [6, 6.07) is 6.56. The average molecular weight is 185 g/mol. The fraction of sp³-hybridized carbons (Fsp3) is 0.385. The van der Waals surface area contributed by atoms with Gasteiger partial charge in [0.1, 0.15) is 7.28 Å². The quantitative estimate of drug-likeness (QED) is 0.632. The molecule has 0 fully saturated rings. The normalized spacial score (nSPS) is 9.93. The van der Waals surface area contributed by atoms with E-state index in [1.807, 2.05) is 0 Å². The molecule has 1 radical (unpaired) electrons. The van der Waals surface area contributed by atoms with Crippen molar-refractivity contribution in [1.82, 2.24) is 0 Å². The van der Waals surface area contributed by atoms with Crippen LogP contribution in [-0.2, 0) is 0 Å². The van der Waals surface area contributed by atoms with Gasteiger partial charge in [-0.15, -0.1) is 0 Å². The Kier molecular flexibility index (Phi) is 4.00. The van der Waals surface area contributed by atoms with Gasteiger partial charge in [0.2, 0.25) is 0 Å². The van der Waals surface area contributed by atoms with Crippen molar-refractivity contribution >= 4 is 18.3 Å².